The van der Waals surface area contributed by atoms with Crippen LogP contribution in [0.4, 0.5) is 5.69 Å². The summed E-state index contributed by atoms with van der Waals surface area (Å²) in [4.78, 5) is 4.59. The van der Waals surface area contributed by atoms with Crippen molar-refractivity contribution in [2.24, 2.45) is 10.7 Å². The molecule has 7 nitrogen and oxygen atoms in total. The van der Waals surface area contributed by atoms with E-state index in [0.29, 0.717) is 35.1 Å². The number of halogens is 1. The highest BCUT2D eigenvalue weighted by Gasteiger charge is 2.27. The van der Waals surface area contributed by atoms with Crippen LogP contribution >= 0.6 is 11.6 Å². The Bertz CT molecular complexity index is 989. The third kappa shape index (κ3) is 5.20. The van der Waals surface area contributed by atoms with Crippen LogP contribution in [0.2, 0.25) is 5.02 Å². The van der Waals surface area contributed by atoms with Gasteiger partial charge in [0, 0.05) is 18.8 Å². The van der Waals surface area contributed by atoms with Crippen LogP contribution in [-0.2, 0) is 16.6 Å². The Kier molecular flexibility index (Phi) is 7.00. The van der Waals surface area contributed by atoms with Crippen molar-refractivity contribution >= 4 is 33.3 Å². The highest BCUT2D eigenvalue weighted by atomic mass is 35.5. The number of nitrogens with zero attached hydrogens (tertiary/aromatic N) is 2. The minimum absolute atomic E-state index is 0.145. The number of benzene rings is 2. The van der Waals surface area contributed by atoms with Gasteiger partial charge < -0.3 is 15.8 Å². The first-order valence-electron chi connectivity index (χ1n) is 9.40. The molecule has 0 atom stereocenters. The Morgan fingerprint density at radius 3 is 2.62 bits per heavy atom. The quantitative estimate of drug-likeness (QED) is 0.534. The average Bonchev–Trinajstić information content (AvgIpc) is 2.73. The van der Waals surface area contributed by atoms with E-state index < -0.39 is 10.0 Å². The summed E-state index contributed by atoms with van der Waals surface area (Å²) in [6.45, 7) is 1.26. The van der Waals surface area contributed by atoms with Crippen LogP contribution in [-0.4, -0.2) is 38.9 Å². The van der Waals surface area contributed by atoms with Gasteiger partial charge in [-0.2, -0.15) is 4.31 Å². The summed E-state index contributed by atoms with van der Waals surface area (Å²) in [7, 11) is -2.00. The Hall–Kier alpha value is -2.29. The molecule has 29 heavy (non-hydrogen) atoms. The van der Waals surface area contributed by atoms with E-state index in [2.05, 4.69) is 10.3 Å². The van der Waals surface area contributed by atoms with Crippen LogP contribution in [0.15, 0.2) is 52.4 Å². The zero-order chi connectivity index (χ0) is 20.9. The molecule has 9 heteroatoms. The van der Waals surface area contributed by atoms with Crippen molar-refractivity contribution in [1.82, 2.24) is 4.31 Å². The van der Waals surface area contributed by atoms with Gasteiger partial charge in [-0.3, -0.25) is 0 Å². The molecule has 0 bridgehead atoms. The van der Waals surface area contributed by atoms with Gasteiger partial charge in [0.15, 0.2) is 5.96 Å². The molecule has 3 N–H and O–H groups in total. The molecule has 1 saturated heterocycles. The van der Waals surface area contributed by atoms with Gasteiger partial charge in [-0.15, -0.1) is 0 Å². The first-order chi connectivity index (χ1) is 13.9. The van der Waals surface area contributed by atoms with Gasteiger partial charge in [0.05, 0.1) is 23.6 Å². The monoisotopic (exact) mass is 436 g/mol. The number of piperidine rings is 1. The van der Waals surface area contributed by atoms with Crippen LogP contribution in [0.25, 0.3) is 0 Å². The standard InChI is InChI=1S/C20H25ClN4O3S/c1-28-18-10-9-16(13-17(18)21)24-20(22)23-14-15-7-3-4-8-19(15)29(26,27)25-11-5-2-6-12-25/h3-4,7-10,13H,2,5-6,11-12,14H2,1H3,(H3,22,23,24). The number of guanidine groups is 1. The van der Waals surface area contributed by atoms with E-state index in [4.69, 9.17) is 22.1 Å². The molecule has 2 aromatic carbocycles. The van der Waals surface area contributed by atoms with Crippen molar-refractivity contribution in [3.63, 3.8) is 0 Å². The zero-order valence-electron chi connectivity index (χ0n) is 16.3. The fraction of sp³-hybridized carbons (Fsp3) is 0.350. The molecule has 3 rings (SSSR count). The van der Waals surface area contributed by atoms with Crippen LogP contribution in [0.1, 0.15) is 24.8 Å². The van der Waals surface area contributed by atoms with Crippen LogP contribution in [0.3, 0.4) is 0 Å². The lowest BCUT2D eigenvalue weighted by molar-refractivity contribution is 0.346. The molecule has 0 saturated carbocycles. The average molecular weight is 437 g/mol. The first-order valence-corrected chi connectivity index (χ1v) is 11.2. The Morgan fingerprint density at radius 1 is 1.21 bits per heavy atom. The lowest BCUT2D eigenvalue weighted by Gasteiger charge is -2.26. The minimum Gasteiger partial charge on any atom is -0.495 e. The Morgan fingerprint density at radius 2 is 1.93 bits per heavy atom. The molecule has 0 amide bonds. The van der Waals surface area contributed by atoms with Gasteiger partial charge in [-0.1, -0.05) is 36.2 Å². The number of nitrogens with two attached hydrogens (primary N) is 1. The van der Waals surface area contributed by atoms with Crippen molar-refractivity contribution in [2.75, 3.05) is 25.5 Å². The predicted molar refractivity (Wildman–Crippen MR) is 116 cm³/mol. The zero-order valence-corrected chi connectivity index (χ0v) is 17.8. The topological polar surface area (TPSA) is 97.0 Å². The summed E-state index contributed by atoms with van der Waals surface area (Å²) in [5.74, 6) is 0.723. The van der Waals surface area contributed by atoms with Gasteiger partial charge in [-0.05, 0) is 42.7 Å². The highest BCUT2D eigenvalue weighted by Crippen LogP contribution is 2.27. The summed E-state index contributed by atoms with van der Waals surface area (Å²) < 4.78 is 32.8. The second kappa shape index (κ2) is 9.47. The smallest absolute Gasteiger partial charge is 0.243 e. The van der Waals surface area contributed by atoms with Gasteiger partial charge >= 0.3 is 0 Å². The Labute approximate surface area is 176 Å². The summed E-state index contributed by atoms with van der Waals surface area (Å²) in [5.41, 5.74) is 7.25. The van der Waals surface area contributed by atoms with Crippen LogP contribution in [0, 0.1) is 0 Å². The summed E-state index contributed by atoms with van der Waals surface area (Å²) in [6.07, 6.45) is 2.84. The minimum atomic E-state index is -3.54. The molecule has 2 aromatic rings. The van der Waals surface area contributed by atoms with E-state index in [1.807, 2.05) is 0 Å². The predicted octanol–water partition coefficient (Wildman–Crippen LogP) is 3.45. The highest BCUT2D eigenvalue weighted by molar-refractivity contribution is 7.89. The van der Waals surface area contributed by atoms with Gasteiger partial charge in [0.25, 0.3) is 0 Å². The largest absolute Gasteiger partial charge is 0.495 e. The molecule has 1 aliphatic heterocycles. The molecule has 1 fully saturated rings. The summed E-state index contributed by atoms with van der Waals surface area (Å²) in [5, 5.41) is 3.40. The molecule has 0 unspecified atom stereocenters. The molecule has 0 spiro atoms. The third-order valence-corrected chi connectivity index (χ3v) is 7.04. The number of sulfonamides is 1. The number of methoxy groups -OCH3 is 1. The number of nitrogens with one attached hydrogen (secondary N) is 1. The molecular formula is C20H25ClN4O3S. The molecule has 0 aromatic heterocycles. The van der Waals surface area contributed by atoms with Gasteiger partial charge in [-0.25, -0.2) is 13.4 Å². The van der Waals surface area contributed by atoms with Gasteiger partial charge in [0.1, 0.15) is 5.75 Å². The van der Waals surface area contributed by atoms with Crippen molar-refractivity contribution < 1.29 is 13.2 Å². The second-order valence-electron chi connectivity index (χ2n) is 6.75. The number of anilines is 1. The van der Waals surface area contributed by atoms with E-state index in [-0.39, 0.29) is 17.4 Å². The number of rotatable bonds is 6. The SMILES string of the molecule is COc1ccc(NC(N)=NCc2ccccc2S(=O)(=O)N2CCCCC2)cc1Cl. The van der Waals surface area contributed by atoms with Crippen molar-refractivity contribution in [2.45, 2.75) is 30.7 Å². The van der Waals surface area contributed by atoms with Crippen molar-refractivity contribution in [1.29, 1.82) is 0 Å². The number of ether oxygens (including phenoxy) is 1. The fourth-order valence-electron chi connectivity index (χ4n) is 3.23. The van der Waals surface area contributed by atoms with E-state index in [1.54, 1.807) is 53.9 Å². The number of hydrogen-bond acceptors (Lipinski definition) is 4. The van der Waals surface area contributed by atoms with Crippen LogP contribution in [0.5, 0.6) is 5.75 Å². The normalized spacial score (nSPS) is 15.9. The van der Waals surface area contributed by atoms with E-state index in [1.165, 1.54) is 0 Å². The summed E-state index contributed by atoms with van der Waals surface area (Å²) in [6, 6.07) is 12.1. The molecule has 1 aliphatic rings. The van der Waals surface area contributed by atoms with Crippen LogP contribution < -0.4 is 15.8 Å². The maximum absolute atomic E-state index is 13.0. The molecule has 0 aliphatic carbocycles. The summed E-state index contributed by atoms with van der Waals surface area (Å²) >= 11 is 6.11. The number of hydrogen-bond donors (Lipinski definition) is 2. The maximum atomic E-state index is 13.0. The lowest BCUT2D eigenvalue weighted by atomic mass is 10.2. The lowest BCUT2D eigenvalue weighted by Crippen LogP contribution is -2.36. The Balaban J connectivity index is 1.76. The molecule has 1 heterocycles. The van der Waals surface area contributed by atoms with Crippen molar-refractivity contribution in [3.05, 3.63) is 53.1 Å². The molecule has 0 radical (unpaired) electrons. The molecular weight excluding hydrogens is 412 g/mol. The maximum Gasteiger partial charge on any atom is 0.243 e. The third-order valence-electron chi connectivity index (χ3n) is 4.75. The van der Waals surface area contributed by atoms with E-state index >= 15 is 0 Å². The number of aliphatic imine (C=N–C) groups is 1. The van der Waals surface area contributed by atoms with E-state index in [0.717, 1.165) is 19.3 Å². The molecule has 156 valence electrons. The van der Waals surface area contributed by atoms with E-state index in [9.17, 15) is 8.42 Å². The fourth-order valence-corrected chi connectivity index (χ4v) is 5.22. The second-order valence-corrected chi connectivity index (χ2v) is 9.06. The first kappa shape index (κ1) is 21.4. The van der Waals surface area contributed by atoms with Crippen molar-refractivity contribution in [3.8, 4) is 5.75 Å². The van der Waals surface area contributed by atoms with Gasteiger partial charge in [0.2, 0.25) is 10.0 Å².